The molecule has 5 unspecified atom stereocenters. The Bertz CT molecular complexity index is 2810. The van der Waals surface area contributed by atoms with Crippen LogP contribution in [0.1, 0.15) is 127 Å². The summed E-state index contributed by atoms with van der Waals surface area (Å²) in [4.78, 5) is 0.646. The first-order chi connectivity index (χ1) is 35.6. The molecule has 75 heavy (non-hydrogen) atoms. The van der Waals surface area contributed by atoms with E-state index in [-0.39, 0.29) is 34.7 Å². The fourth-order valence-electron chi connectivity index (χ4n) is 8.55. The zero-order chi connectivity index (χ0) is 55.6. The number of allylic oxidation sites excluding steroid dienone is 11. The van der Waals surface area contributed by atoms with E-state index in [1.54, 1.807) is 91.0 Å². The maximum Gasteiger partial charge on any atom is 0.187 e. The summed E-state index contributed by atoms with van der Waals surface area (Å²) in [7, 11) is -8.59. The molecule has 0 amide bonds. The van der Waals surface area contributed by atoms with Gasteiger partial charge >= 0.3 is 0 Å². The molecule has 412 valence electrons. The third-order valence-corrected chi connectivity index (χ3v) is 18.9. The van der Waals surface area contributed by atoms with Gasteiger partial charge in [0.2, 0.25) is 0 Å². The molecule has 0 radical (unpaired) electrons. The minimum atomic E-state index is -3.91. The van der Waals surface area contributed by atoms with Crippen molar-refractivity contribution in [2.45, 2.75) is 170 Å². The van der Waals surface area contributed by atoms with Gasteiger partial charge in [-0.15, -0.1) is 0 Å². The molecule has 0 heterocycles. The number of hydrogen-bond acceptors (Lipinski definition) is 10. The predicted molar refractivity (Wildman–Crippen MR) is 309 cm³/mol. The van der Waals surface area contributed by atoms with E-state index in [0.29, 0.717) is 38.5 Å². The van der Waals surface area contributed by atoms with E-state index in [1.807, 2.05) is 106 Å². The van der Waals surface area contributed by atoms with E-state index >= 15 is 0 Å². The highest BCUT2D eigenvalue weighted by molar-refractivity contribution is 7.92. The van der Waals surface area contributed by atoms with Gasteiger partial charge in [-0.1, -0.05) is 137 Å². The third kappa shape index (κ3) is 21.7. The fraction of sp³-hybridized carbons (Fsp3) is 0.452. The van der Waals surface area contributed by atoms with Gasteiger partial charge in [0.05, 0.1) is 19.9 Å². The van der Waals surface area contributed by atoms with Crippen molar-refractivity contribution in [1.29, 1.82) is 0 Å². The minimum absolute atomic E-state index is 0.0993. The van der Waals surface area contributed by atoms with Crippen LogP contribution in [0.3, 0.4) is 0 Å². The second-order valence-electron chi connectivity index (χ2n) is 20.0. The standard InChI is InChI=1S/C62H86O10S3/c1-47(2)26-22-29-51(7)43-59(74(65,66)56-36-18-14-19-37-56)61(71-45-69-11)53(9)32-24-28-49(5)40-41-58(73(63,64)55-34-16-13-17-35-55)42-50(6)31-25-33-54(10)62(72-46-70-12)60(44-52(8)30-23-27-48(3)4)75(67,68)57-38-20-15-21-39-57/h13-21,26-27,32-40,42-44,58-62H,22-25,28-31,41,45-46H2,1-12H3/b49-40+,50-42+,51-43+,52-44+,53-32+,54-33+. The second kappa shape index (κ2) is 32.8. The van der Waals surface area contributed by atoms with Gasteiger partial charge in [-0.25, -0.2) is 25.3 Å². The molecule has 0 aliphatic carbocycles. The highest BCUT2D eigenvalue weighted by Gasteiger charge is 2.37. The smallest absolute Gasteiger partial charge is 0.187 e. The number of hydrogen-bond donors (Lipinski definition) is 0. The van der Waals surface area contributed by atoms with Crippen LogP contribution >= 0.6 is 0 Å². The van der Waals surface area contributed by atoms with Crippen molar-refractivity contribution in [3.8, 4) is 0 Å². The van der Waals surface area contributed by atoms with Crippen molar-refractivity contribution in [3.63, 3.8) is 0 Å². The van der Waals surface area contributed by atoms with Gasteiger partial charge in [-0.05, 0) is 175 Å². The van der Waals surface area contributed by atoms with Gasteiger partial charge in [0.25, 0.3) is 0 Å². The maximum absolute atomic E-state index is 14.4. The molecule has 0 aliphatic heterocycles. The van der Waals surface area contributed by atoms with Crippen LogP contribution in [0.4, 0.5) is 0 Å². The minimum Gasteiger partial charge on any atom is -0.359 e. The lowest BCUT2D eigenvalue weighted by atomic mass is 10.0. The first-order valence-corrected chi connectivity index (χ1v) is 30.6. The van der Waals surface area contributed by atoms with Crippen molar-refractivity contribution >= 4 is 29.5 Å². The summed E-state index contributed by atoms with van der Waals surface area (Å²) in [6.07, 6.45) is 19.4. The number of methoxy groups -OCH3 is 2. The van der Waals surface area contributed by atoms with Crippen LogP contribution in [0.2, 0.25) is 0 Å². The van der Waals surface area contributed by atoms with Crippen molar-refractivity contribution in [3.05, 3.63) is 184 Å². The fourth-order valence-corrected chi connectivity index (χ4v) is 14.0. The lowest BCUT2D eigenvalue weighted by molar-refractivity contribution is -0.0570. The summed E-state index contributed by atoms with van der Waals surface area (Å²) in [6.45, 7) is 19.5. The van der Waals surface area contributed by atoms with Crippen LogP contribution in [0, 0.1) is 0 Å². The number of rotatable bonds is 33. The largest absolute Gasteiger partial charge is 0.359 e. The van der Waals surface area contributed by atoms with Gasteiger partial charge in [0.1, 0.15) is 36.3 Å². The zero-order valence-electron chi connectivity index (χ0n) is 46.8. The van der Waals surface area contributed by atoms with E-state index < -0.39 is 57.5 Å². The van der Waals surface area contributed by atoms with Crippen LogP contribution in [0.25, 0.3) is 0 Å². The van der Waals surface area contributed by atoms with Crippen molar-refractivity contribution < 1.29 is 44.2 Å². The Balaban J connectivity index is 1.95. The Morgan fingerprint density at radius 3 is 1.08 bits per heavy atom. The Hall–Kier alpha value is -4.73. The molecule has 0 saturated carbocycles. The molecule has 3 aromatic carbocycles. The van der Waals surface area contributed by atoms with Crippen molar-refractivity contribution in [1.82, 2.24) is 0 Å². The molecule has 0 fully saturated rings. The summed E-state index contributed by atoms with van der Waals surface area (Å²) >= 11 is 0. The van der Waals surface area contributed by atoms with Gasteiger partial charge in [0, 0.05) is 14.2 Å². The van der Waals surface area contributed by atoms with Crippen molar-refractivity contribution in [2.24, 2.45) is 0 Å². The number of sulfone groups is 3. The zero-order valence-corrected chi connectivity index (χ0v) is 49.2. The number of benzene rings is 3. The van der Waals surface area contributed by atoms with Crippen LogP contribution in [0.15, 0.2) is 199 Å². The highest BCUT2D eigenvalue weighted by Crippen LogP contribution is 2.31. The molecule has 3 aromatic rings. The van der Waals surface area contributed by atoms with E-state index in [0.717, 1.165) is 46.3 Å². The molecule has 0 bridgehead atoms. The molecular formula is C62H86O10S3. The first-order valence-electron chi connectivity index (χ1n) is 25.9. The van der Waals surface area contributed by atoms with E-state index in [1.165, 1.54) is 25.4 Å². The third-order valence-electron chi connectivity index (χ3n) is 12.8. The summed E-state index contributed by atoms with van der Waals surface area (Å²) < 4.78 is 109. The molecule has 0 aliphatic rings. The normalized spacial score (nSPS) is 15.7. The Morgan fingerprint density at radius 2 is 0.733 bits per heavy atom. The molecule has 0 N–H and O–H groups in total. The summed E-state index contributed by atoms with van der Waals surface area (Å²) in [6, 6.07) is 25.3. The van der Waals surface area contributed by atoms with Crippen LogP contribution in [-0.2, 0) is 48.5 Å². The Kier molecular flexibility index (Phi) is 28.2. The van der Waals surface area contributed by atoms with E-state index in [2.05, 4.69) is 12.2 Å². The lowest BCUT2D eigenvalue weighted by Gasteiger charge is -2.27. The Labute approximate surface area is 452 Å². The lowest BCUT2D eigenvalue weighted by Crippen LogP contribution is -2.36. The monoisotopic (exact) mass is 1090 g/mol. The summed E-state index contributed by atoms with van der Waals surface area (Å²) in [5, 5.41) is -2.91. The molecule has 0 spiro atoms. The highest BCUT2D eigenvalue weighted by atomic mass is 32.2. The average molecular weight is 1090 g/mol. The maximum atomic E-state index is 14.4. The van der Waals surface area contributed by atoms with Gasteiger partial charge in [0.15, 0.2) is 29.5 Å². The van der Waals surface area contributed by atoms with E-state index in [9.17, 15) is 25.3 Å². The molecule has 0 saturated heterocycles. The predicted octanol–water partition coefficient (Wildman–Crippen LogP) is 14.6. The molecular weight excluding hydrogens is 1000 g/mol. The average Bonchev–Trinajstić information content (AvgIpc) is 3.37. The van der Waals surface area contributed by atoms with Crippen LogP contribution in [-0.4, -0.2) is 81.0 Å². The Morgan fingerprint density at radius 1 is 0.413 bits per heavy atom. The molecule has 10 nitrogen and oxygen atoms in total. The second-order valence-corrected chi connectivity index (χ2v) is 26.3. The summed E-state index contributed by atoms with van der Waals surface area (Å²) in [5.74, 6) is 0. The molecule has 3 rings (SSSR count). The topological polar surface area (TPSA) is 139 Å². The number of ether oxygens (including phenoxy) is 4. The molecule has 0 aromatic heterocycles. The van der Waals surface area contributed by atoms with Gasteiger partial charge in [-0.2, -0.15) is 0 Å². The molecule has 5 atom stereocenters. The summed E-state index contributed by atoms with van der Waals surface area (Å²) in [5.41, 5.74) is 7.59. The first kappa shape index (κ1) is 64.6. The molecule has 13 heteroatoms. The SMILES string of the molecule is COCOC(/C(C)=C/CC/C(C)=C/CC(/C=C(\C)CC/C=C(\C)C(OCOC)C(/C=C(\C)CCC=C(C)C)S(=O)(=O)c1ccccc1)S(=O)(=O)c1ccccc1)C(/C=C(\C)CCC=C(C)C)S(=O)(=O)c1ccccc1. The quantitative estimate of drug-likeness (QED) is 0.0428. The van der Waals surface area contributed by atoms with Gasteiger partial charge < -0.3 is 18.9 Å². The van der Waals surface area contributed by atoms with Crippen LogP contribution < -0.4 is 0 Å². The van der Waals surface area contributed by atoms with Crippen LogP contribution in [0.5, 0.6) is 0 Å². The van der Waals surface area contributed by atoms with Gasteiger partial charge in [-0.3, -0.25) is 0 Å². The van der Waals surface area contributed by atoms with E-state index in [4.69, 9.17) is 18.9 Å². The van der Waals surface area contributed by atoms with Crippen molar-refractivity contribution in [2.75, 3.05) is 27.8 Å².